The van der Waals surface area contributed by atoms with E-state index in [0.29, 0.717) is 21.6 Å². The lowest BCUT2D eigenvalue weighted by Gasteiger charge is -2.32. The van der Waals surface area contributed by atoms with Crippen molar-refractivity contribution in [3.63, 3.8) is 0 Å². The fourth-order valence-corrected chi connectivity index (χ4v) is 3.82. The molecule has 5 atom stereocenters. The number of nitrogen functional groups attached to an aromatic ring is 1. The molecule has 0 radical (unpaired) electrons. The number of aliphatic hydroxyl groups excluding tert-OH is 2. The van der Waals surface area contributed by atoms with Gasteiger partial charge in [-0.25, -0.2) is 9.97 Å². The summed E-state index contributed by atoms with van der Waals surface area (Å²) in [5.74, 6) is 0.288. The molecule has 1 unspecified atom stereocenters. The van der Waals surface area contributed by atoms with Crippen molar-refractivity contribution in [3.8, 4) is 0 Å². The summed E-state index contributed by atoms with van der Waals surface area (Å²) in [5, 5.41) is 33.5. The van der Waals surface area contributed by atoms with Gasteiger partial charge in [-0.1, -0.05) is 29.3 Å². The van der Waals surface area contributed by atoms with E-state index in [2.05, 4.69) is 9.97 Å². The first kappa shape index (κ1) is 19.4. The number of hydrogen-bond donors (Lipinski definition) is 4. The van der Waals surface area contributed by atoms with Crippen LogP contribution in [-0.4, -0.2) is 48.2 Å². The molecule has 5 N–H and O–H groups in total. The molecule has 8 nitrogen and oxygen atoms in total. The lowest BCUT2D eigenvalue weighted by molar-refractivity contribution is -0.135. The number of hydrogen-bond acceptors (Lipinski definition) is 7. The molecule has 1 aliphatic heterocycles. The number of anilines is 1. The molecule has 3 heterocycles. The zero-order valence-electron chi connectivity index (χ0n) is 14.7. The molecular weight excluding hydrogens is 407 g/mol. The van der Waals surface area contributed by atoms with Crippen molar-refractivity contribution < 1.29 is 20.1 Å². The predicted molar refractivity (Wildman–Crippen MR) is 104 cm³/mol. The van der Waals surface area contributed by atoms with Crippen LogP contribution in [0.15, 0.2) is 36.8 Å². The molecule has 0 spiro atoms. The van der Waals surface area contributed by atoms with Gasteiger partial charge in [0.25, 0.3) is 0 Å². The SMILES string of the molecule is CC(O)(c1ccc(Cl)c(Cl)c1)[C@H]1O[C@@H](n2ccc3c(N)ncnc32)[C@H](O)[C@@H]1O. The highest BCUT2D eigenvalue weighted by Crippen LogP contribution is 2.41. The highest BCUT2D eigenvalue weighted by atomic mass is 35.5. The maximum atomic E-state index is 11.1. The standard InChI is InChI=1S/C18H18Cl2N4O4/c1-18(27,8-2-3-10(19)11(20)6-8)14-12(25)13(26)17(28-14)24-5-4-9-15(21)22-7-23-16(9)24/h2-7,12-14,17,25-27H,1H3,(H2,21,22,23)/t12-,13+,14-,17+,18?/m0/s1. The molecule has 0 bridgehead atoms. The van der Waals surface area contributed by atoms with Gasteiger partial charge in [0.2, 0.25) is 0 Å². The van der Waals surface area contributed by atoms with E-state index in [1.165, 1.54) is 19.3 Å². The van der Waals surface area contributed by atoms with Gasteiger partial charge < -0.3 is 30.4 Å². The van der Waals surface area contributed by atoms with E-state index in [1.807, 2.05) is 0 Å². The Kier molecular flexibility index (Phi) is 4.73. The van der Waals surface area contributed by atoms with Gasteiger partial charge in [-0.05, 0) is 30.7 Å². The van der Waals surface area contributed by atoms with Gasteiger partial charge in [-0.2, -0.15) is 0 Å². The summed E-state index contributed by atoms with van der Waals surface area (Å²) in [6.45, 7) is 1.48. The number of nitrogens with zero attached hydrogens (tertiary/aromatic N) is 3. The van der Waals surface area contributed by atoms with Gasteiger partial charge in [-0.3, -0.25) is 0 Å². The lowest BCUT2D eigenvalue weighted by Crippen LogP contribution is -2.45. The first-order valence-corrected chi connectivity index (χ1v) is 9.24. The van der Waals surface area contributed by atoms with E-state index >= 15 is 0 Å². The van der Waals surface area contributed by atoms with Crippen molar-refractivity contribution in [2.24, 2.45) is 0 Å². The van der Waals surface area contributed by atoms with E-state index in [-0.39, 0.29) is 10.8 Å². The third kappa shape index (κ3) is 2.93. The van der Waals surface area contributed by atoms with Crippen LogP contribution >= 0.6 is 23.2 Å². The summed E-state index contributed by atoms with van der Waals surface area (Å²) in [6, 6.07) is 6.32. The molecule has 1 saturated heterocycles. The average molecular weight is 425 g/mol. The van der Waals surface area contributed by atoms with E-state index in [0.717, 1.165) is 0 Å². The van der Waals surface area contributed by atoms with Crippen LogP contribution in [0.4, 0.5) is 5.82 Å². The van der Waals surface area contributed by atoms with Crippen molar-refractivity contribution in [3.05, 3.63) is 52.4 Å². The predicted octanol–water partition coefficient (Wildman–Crippen LogP) is 1.85. The highest BCUT2D eigenvalue weighted by molar-refractivity contribution is 6.42. The fraction of sp³-hybridized carbons (Fsp3) is 0.333. The number of aliphatic hydroxyl groups is 3. The first-order chi connectivity index (χ1) is 13.2. The largest absolute Gasteiger partial charge is 0.387 e. The van der Waals surface area contributed by atoms with E-state index in [4.69, 9.17) is 33.7 Å². The lowest BCUT2D eigenvalue weighted by atomic mass is 9.87. The number of rotatable bonds is 3. The molecule has 1 aromatic carbocycles. The zero-order valence-corrected chi connectivity index (χ0v) is 16.2. The van der Waals surface area contributed by atoms with Crippen LogP contribution in [-0.2, 0) is 10.3 Å². The minimum atomic E-state index is -1.65. The summed E-state index contributed by atoms with van der Waals surface area (Å²) in [6.07, 6.45) is -1.87. The topological polar surface area (TPSA) is 127 Å². The van der Waals surface area contributed by atoms with Crippen LogP contribution < -0.4 is 5.73 Å². The third-order valence-corrected chi connectivity index (χ3v) is 5.85. The Hall–Kier alpha value is -1.94. The quantitative estimate of drug-likeness (QED) is 0.505. The van der Waals surface area contributed by atoms with Gasteiger partial charge in [0.1, 0.15) is 41.7 Å². The molecular formula is C18H18Cl2N4O4. The molecule has 1 fully saturated rings. The van der Waals surface area contributed by atoms with Crippen molar-refractivity contribution in [1.29, 1.82) is 0 Å². The molecule has 4 rings (SSSR count). The Bertz CT molecular complexity index is 1040. The molecule has 10 heteroatoms. The molecule has 0 aliphatic carbocycles. The molecule has 0 amide bonds. The van der Waals surface area contributed by atoms with Gasteiger partial charge in [0.15, 0.2) is 6.23 Å². The second kappa shape index (κ2) is 6.84. The van der Waals surface area contributed by atoms with Crippen molar-refractivity contribution in [2.75, 3.05) is 5.73 Å². The van der Waals surface area contributed by atoms with Crippen molar-refractivity contribution >= 4 is 40.1 Å². The minimum Gasteiger partial charge on any atom is -0.387 e. The molecule has 3 aromatic rings. The first-order valence-electron chi connectivity index (χ1n) is 8.48. The number of ether oxygens (including phenoxy) is 1. The van der Waals surface area contributed by atoms with E-state index in [1.54, 1.807) is 29.0 Å². The number of nitrogens with two attached hydrogens (primary N) is 1. The van der Waals surface area contributed by atoms with Crippen LogP contribution in [0, 0.1) is 0 Å². The zero-order chi connectivity index (χ0) is 20.2. The molecule has 2 aromatic heterocycles. The normalized spacial score (nSPS) is 27.2. The van der Waals surface area contributed by atoms with Gasteiger partial charge >= 0.3 is 0 Å². The number of halogens is 2. The molecule has 28 heavy (non-hydrogen) atoms. The Balaban J connectivity index is 1.71. The smallest absolute Gasteiger partial charge is 0.164 e. The van der Waals surface area contributed by atoms with Crippen LogP contribution in [0.1, 0.15) is 18.7 Å². The minimum absolute atomic E-state index is 0.257. The second-order valence-electron chi connectivity index (χ2n) is 6.92. The molecule has 0 saturated carbocycles. The number of fused-ring (bicyclic) bond motifs is 1. The Morgan fingerprint density at radius 2 is 1.89 bits per heavy atom. The molecule has 148 valence electrons. The average Bonchev–Trinajstić information content (AvgIpc) is 3.20. The molecule has 1 aliphatic rings. The van der Waals surface area contributed by atoms with Crippen molar-refractivity contribution in [1.82, 2.24) is 14.5 Å². The van der Waals surface area contributed by atoms with Gasteiger partial charge in [0.05, 0.1) is 15.4 Å². The van der Waals surface area contributed by atoms with Crippen LogP contribution in [0.25, 0.3) is 11.0 Å². The van der Waals surface area contributed by atoms with Crippen LogP contribution in [0.3, 0.4) is 0 Å². The van der Waals surface area contributed by atoms with Gasteiger partial charge in [-0.15, -0.1) is 0 Å². The summed E-state index contributed by atoms with van der Waals surface area (Å²) < 4.78 is 7.45. The van der Waals surface area contributed by atoms with Gasteiger partial charge in [0, 0.05) is 6.20 Å². The third-order valence-electron chi connectivity index (χ3n) is 5.11. The highest BCUT2D eigenvalue weighted by Gasteiger charge is 2.52. The maximum Gasteiger partial charge on any atom is 0.164 e. The summed E-state index contributed by atoms with van der Waals surface area (Å²) >= 11 is 12.0. The summed E-state index contributed by atoms with van der Waals surface area (Å²) in [4.78, 5) is 8.11. The fourth-order valence-electron chi connectivity index (χ4n) is 3.53. The van der Waals surface area contributed by atoms with Crippen LogP contribution in [0.2, 0.25) is 10.0 Å². The second-order valence-corrected chi connectivity index (χ2v) is 7.74. The van der Waals surface area contributed by atoms with E-state index in [9.17, 15) is 15.3 Å². The summed E-state index contributed by atoms with van der Waals surface area (Å²) in [7, 11) is 0. The Morgan fingerprint density at radius 3 is 2.61 bits per heavy atom. The maximum absolute atomic E-state index is 11.1. The van der Waals surface area contributed by atoms with Crippen molar-refractivity contribution in [2.45, 2.75) is 37.1 Å². The Labute approximate surface area is 170 Å². The Morgan fingerprint density at radius 1 is 1.14 bits per heavy atom. The van der Waals surface area contributed by atoms with Crippen LogP contribution in [0.5, 0.6) is 0 Å². The number of aromatic nitrogens is 3. The van der Waals surface area contributed by atoms with E-state index < -0.39 is 30.1 Å². The number of benzene rings is 1. The monoisotopic (exact) mass is 424 g/mol. The summed E-state index contributed by atoms with van der Waals surface area (Å²) in [5.41, 5.74) is 5.03.